The Bertz CT molecular complexity index is 1340. The Balaban J connectivity index is 1.52. The predicted octanol–water partition coefficient (Wildman–Crippen LogP) is 9.64. The zero-order valence-corrected chi connectivity index (χ0v) is 24.5. The Morgan fingerprint density at radius 1 is 0.914 bits per heavy atom. The molecule has 4 rings (SSSR count). The molecule has 2 amide bonds. The summed E-state index contributed by atoms with van der Waals surface area (Å²) in [6, 6.07) is 13.8. The highest BCUT2D eigenvalue weighted by atomic mass is 79.9. The van der Waals surface area contributed by atoms with E-state index in [0.717, 1.165) is 22.2 Å². The van der Waals surface area contributed by atoms with Crippen LogP contribution in [0.25, 0.3) is 6.08 Å². The molecule has 35 heavy (non-hydrogen) atoms. The van der Waals surface area contributed by atoms with Crippen molar-refractivity contribution >= 4 is 107 Å². The first kappa shape index (κ1) is 26.9. The first-order valence-electron chi connectivity index (χ1n) is 9.88. The van der Waals surface area contributed by atoms with Crippen molar-refractivity contribution < 1.29 is 14.3 Å². The molecule has 1 fully saturated rings. The maximum Gasteiger partial charge on any atom is 0.293 e. The van der Waals surface area contributed by atoms with E-state index >= 15 is 0 Å². The van der Waals surface area contributed by atoms with E-state index in [1.165, 1.54) is 0 Å². The van der Waals surface area contributed by atoms with Gasteiger partial charge in [0.1, 0.15) is 12.4 Å². The van der Waals surface area contributed by atoms with Crippen LogP contribution in [0.15, 0.2) is 62.4 Å². The third kappa shape index (κ3) is 6.21. The summed E-state index contributed by atoms with van der Waals surface area (Å²) in [5.74, 6) is 0.149. The van der Waals surface area contributed by atoms with E-state index in [1.807, 2.05) is 0 Å². The zero-order valence-electron chi connectivity index (χ0n) is 17.5. The second-order valence-electron chi connectivity index (χ2n) is 7.31. The number of ether oxygens (including phenoxy) is 1. The van der Waals surface area contributed by atoms with E-state index in [9.17, 15) is 9.59 Å². The first-order chi connectivity index (χ1) is 16.6. The number of nitrogens with zero attached hydrogens (tertiary/aromatic N) is 1. The molecule has 1 saturated heterocycles. The lowest BCUT2D eigenvalue weighted by molar-refractivity contribution is -0.123. The van der Waals surface area contributed by atoms with Crippen molar-refractivity contribution in [3.63, 3.8) is 0 Å². The molecule has 1 aliphatic rings. The molecule has 1 aliphatic heterocycles. The lowest BCUT2D eigenvalue weighted by Crippen LogP contribution is -2.27. The topological polar surface area (TPSA) is 46.6 Å². The second kappa shape index (κ2) is 11.5. The Hall–Kier alpha value is -1.19. The van der Waals surface area contributed by atoms with E-state index in [1.54, 1.807) is 54.6 Å². The summed E-state index contributed by atoms with van der Waals surface area (Å²) in [5.41, 5.74) is 2.00. The van der Waals surface area contributed by atoms with Gasteiger partial charge in [-0.25, -0.2) is 0 Å². The molecule has 4 nitrogen and oxygen atoms in total. The zero-order chi connectivity index (χ0) is 25.3. The van der Waals surface area contributed by atoms with Crippen molar-refractivity contribution in [2.75, 3.05) is 0 Å². The van der Waals surface area contributed by atoms with Gasteiger partial charge in [0.25, 0.3) is 11.1 Å². The van der Waals surface area contributed by atoms with Crippen LogP contribution in [0.2, 0.25) is 20.1 Å². The van der Waals surface area contributed by atoms with E-state index in [0.29, 0.717) is 50.8 Å². The van der Waals surface area contributed by atoms with E-state index in [-0.39, 0.29) is 13.2 Å². The fourth-order valence-corrected chi connectivity index (χ4v) is 6.49. The molecule has 0 aliphatic carbocycles. The summed E-state index contributed by atoms with van der Waals surface area (Å²) in [5, 5.41) is 1.45. The summed E-state index contributed by atoms with van der Waals surface area (Å²) in [6.45, 7) is 0.226. The quantitative estimate of drug-likeness (QED) is 0.241. The average molecular weight is 697 g/mol. The highest BCUT2D eigenvalue weighted by Gasteiger charge is 2.35. The minimum Gasteiger partial charge on any atom is -0.486 e. The van der Waals surface area contributed by atoms with Gasteiger partial charge in [0.05, 0.1) is 20.4 Å². The van der Waals surface area contributed by atoms with Gasteiger partial charge in [-0.05, 0) is 91.7 Å². The van der Waals surface area contributed by atoms with E-state index < -0.39 is 11.1 Å². The van der Waals surface area contributed by atoms with Crippen LogP contribution in [0.1, 0.15) is 16.7 Å². The van der Waals surface area contributed by atoms with Gasteiger partial charge in [0, 0.05) is 31.2 Å². The molecule has 0 atom stereocenters. The molecule has 3 aromatic rings. The Labute approximate surface area is 242 Å². The minimum absolute atomic E-state index is 0.00601. The SMILES string of the molecule is O=C1S/C(=C/c2cc(Br)c(OCc3ccc(Cl)cc3Cl)c(Br)c2)C(=O)N1Cc1c(Cl)cccc1Cl. The molecular weight excluding hydrogens is 684 g/mol. The summed E-state index contributed by atoms with van der Waals surface area (Å²) in [4.78, 5) is 26.9. The molecule has 3 aromatic carbocycles. The molecule has 11 heteroatoms. The number of amides is 2. The van der Waals surface area contributed by atoms with Crippen LogP contribution in [0.3, 0.4) is 0 Å². The molecule has 180 valence electrons. The van der Waals surface area contributed by atoms with Crippen molar-refractivity contribution in [1.82, 2.24) is 4.90 Å². The number of carbonyl (C=O) groups excluding carboxylic acids is 2. The highest BCUT2D eigenvalue weighted by Crippen LogP contribution is 2.39. The van der Waals surface area contributed by atoms with Crippen molar-refractivity contribution in [2.24, 2.45) is 0 Å². The standard InChI is InChI=1S/C24H13Br2Cl4NO3S/c25-16-6-12(7-17(26)22(16)34-11-13-4-5-14(27)9-20(13)30)8-21-23(32)31(24(33)35-21)10-15-18(28)2-1-3-19(15)29/h1-9H,10-11H2/b21-8+. The molecular formula is C24H13Br2Cl4NO3S. The van der Waals surface area contributed by atoms with Crippen molar-refractivity contribution in [2.45, 2.75) is 13.2 Å². The number of imide groups is 1. The summed E-state index contributed by atoms with van der Waals surface area (Å²) in [7, 11) is 0. The van der Waals surface area contributed by atoms with Crippen molar-refractivity contribution in [1.29, 1.82) is 0 Å². The van der Waals surface area contributed by atoms with Crippen LogP contribution < -0.4 is 4.74 Å². The molecule has 0 N–H and O–H groups in total. The van der Waals surface area contributed by atoms with Crippen LogP contribution >= 0.6 is 90.0 Å². The minimum atomic E-state index is -0.416. The first-order valence-corrected chi connectivity index (χ1v) is 13.8. The fraction of sp³-hybridized carbons (Fsp3) is 0.0833. The summed E-state index contributed by atoms with van der Waals surface area (Å²) in [6.07, 6.45) is 1.65. The van der Waals surface area contributed by atoms with Crippen molar-refractivity contribution in [3.05, 3.63) is 99.2 Å². The smallest absolute Gasteiger partial charge is 0.293 e. The fourth-order valence-electron chi connectivity index (χ4n) is 3.22. The van der Waals surface area contributed by atoms with Gasteiger partial charge in [-0.15, -0.1) is 0 Å². The molecule has 0 bridgehead atoms. The van der Waals surface area contributed by atoms with E-state index in [4.69, 9.17) is 51.1 Å². The number of hydrogen-bond donors (Lipinski definition) is 0. The Morgan fingerprint density at radius 2 is 1.57 bits per heavy atom. The van der Waals surface area contributed by atoms with Gasteiger partial charge in [-0.2, -0.15) is 0 Å². The normalized spacial score (nSPS) is 14.8. The Kier molecular flexibility index (Phi) is 8.80. The summed E-state index contributed by atoms with van der Waals surface area (Å²) < 4.78 is 7.26. The lowest BCUT2D eigenvalue weighted by atomic mass is 10.2. The number of carbonyl (C=O) groups is 2. The van der Waals surface area contributed by atoms with Crippen LogP contribution in [-0.2, 0) is 17.9 Å². The monoisotopic (exact) mass is 693 g/mol. The van der Waals surface area contributed by atoms with Gasteiger partial charge in [0.2, 0.25) is 0 Å². The van der Waals surface area contributed by atoms with Gasteiger partial charge in [-0.3, -0.25) is 14.5 Å². The van der Waals surface area contributed by atoms with Crippen LogP contribution in [-0.4, -0.2) is 16.0 Å². The van der Waals surface area contributed by atoms with Crippen LogP contribution in [0, 0.1) is 0 Å². The number of halogens is 6. The predicted molar refractivity (Wildman–Crippen MR) is 151 cm³/mol. The molecule has 0 spiro atoms. The third-order valence-electron chi connectivity index (χ3n) is 4.96. The second-order valence-corrected chi connectivity index (χ2v) is 11.7. The lowest BCUT2D eigenvalue weighted by Gasteiger charge is -2.14. The van der Waals surface area contributed by atoms with Crippen LogP contribution in [0.4, 0.5) is 4.79 Å². The number of rotatable bonds is 6. The molecule has 0 saturated carbocycles. The number of benzene rings is 3. The highest BCUT2D eigenvalue weighted by molar-refractivity contribution is 9.11. The average Bonchev–Trinajstić information content (AvgIpc) is 3.04. The molecule has 0 unspecified atom stereocenters. The molecule has 0 aromatic heterocycles. The maximum atomic E-state index is 13.0. The largest absolute Gasteiger partial charge is 0.486 e. The van der Waals surface area contributed by atoms with Gasteiger partial charge in [0.15, 0.2) is 0 Å². The number of hydrogen-bond acceptors (Lipinski definition) is 4. The van der Waals surface area contributed by atoms with Gasteiger partial charge < -0.3 is 4.74 Å². The van der Waals surface area contributed by atoms with Crippen LogP contribution in [0.5, 0.6) is 5.75 Å². The Morgan fingerprint density at radius 3 is 2.20 bits per heavy atom. The third-order valence-corrected chi connectivity index (χ3v) is 8.34. The van der Waals surface area contributed by atoms with Crippen molar-refractivity contribution in [3.8, 4) is 5.75 Å². The summed E-state index contributed by atoms with van der Waals surface area (Å²) >= 11 is 32.5. The van der Waals surface area contributed by atoms with Gasteiger partial charge in [-0.1, -0.05) is 58.5 Å². The molecule has 0 radical (unpaired) electrons. The van der Waals surface area contributed by atoms with Gasteiger partial charge >= 0.3 is 0 Å². The maximum absolute atomic E-state index is 13.0. The number of thioether (sulfide) groups is 1. The van der Waals surface area contributed by atoms with E-state index in [2.05, 4.69) is 31.9 Å². The molecule has 1 heterocycles.